The molecule has 0 radical (unpaired) electrons. The molecule has 2 N–H and O–H groups in total. The number of amides is 1. The zero-order valence-corrected chi connectivity index (χ0v) is 10.6. The van der Waals surface area contributed by atoms with Crippen LogP contribution in [-0.2, 0) is 0 Å². The Hall–Kier alpha value is -3.22. The van der Waals surface area contributed by atoms with Crippen LogP contribution >= 0.6 is 0 Å². The molecule has 0 saturated heterocycles. The third-order valence-corrected chi connectivity index (χ3v) is 2.73. The Morgan fingerprint density at radius 2 is 1.71 bits per heavy atom. The number of carboxylic acid groups (broad SMARTS) is 1. The van der Waals surface area contributed by atoms with Gasteiger partial charge in [0.1, 0.15) is 5.56 Å². The van der Waals surface area contributed by atoms with E-state index in [-0.39, 0.29) is 0 Å². The van der Waals surface area contributed by atoms with Crippen LogP contribution in [-0.4, -0.2) is 21.9 Å². The van der Waals surface area contributed by atoms with E-state index >= 15 is 0 Å². The Labute approximate surface area is 119 Å². The smallest absolute Gasteiger partial charge is 0.336 e. The summed E-state index contributed by atoms with van der Waals surface area (Å²) in [6.45, 7) is 0. The van der Waals surface area contributed by atoms with Crippen molar-refractivity contribution in [3.63, 3.8) is 0 Å². The monoisotopic (exact) mass is 286 g/mol. The van der Waals surface area contributed by atoms with Crippen molar-refractivity contribution in [2.24, 2.45) is 0 Å². The molecule has 0 aliphatic rings. The molecule has 2 aromatic rings. The van der Waals surface area contributed by atoms with Crippen LogP contribution in [0.3, 0.4) is 0 Å². The topological polar surface area (TPSA) is 110 Å². The SMILES string of the molecule is O=C(O)c1cccc([N+](=O)[O-])c1C(=O)Nc1ccccc1. The summed E-state index contributed by atoms with van der Waals surface area (Å²) in [5, 5.41) is 22.5. The van der Waals surface area contributed by atoms with Crippen molar-refractivity contribution >= 4 is 23.3 Å². The number of para-hydroxylation sites is 1. The van der Waals surface area contributed by atoms with Gasteiger partial charge in [-0.25, -0.2) is 4.79 Å². The minimum atomic E-state index is -1.41. The van der Waals surface area contributed by atoms with Gasteiger partial charge in [-0.3, -0.25) is 14.9 Å². The number of nitrogens with one attached hydrogen (secondary N) is 1. The molecular weight excluding hydrogens is 276 g/mol. The predicted molar refractivity (Wildman–Crippen MR) is 74.5 cm³/mol. The molecule has 0 unspecified atom stereocenters. The van der Waals surface area contributed by atoms with Crippen LogP contribution in [0.1, 0.15) is 20.7 Å². The third-order valence-electron chi connectivity index (χ3n) is 2.73. The molecule has 106 valence electrons. The van der Waals surface area contributed by atoms with Crippen molar-refractivity contribution in [1.82, 2.24) is 0 Å². The van der Waals surface area contributed by atoms with E-state index in [0.29, 0.717) is 5.69 Å². The molecule has 0 heterocycles. The van der Waals surface area contributed by atoms with Crippen LogP contribution < -0.4 is 5.32 Å². The van der Waals surface area contributed by atoms with E-state index < -0.39 is 33.6 Å². The summed E-state index contributed by atoms with van der Waals surface area (Å²) in [6, 6.07) is 11.7. The molecule has 2 rings (SSSR count). The lowest BCUT2D eigenvalue weighted by Gasteiger charge is -2.08. The molecule has 21 heavy (non-hydrogen) atoms. The maximum atomic E-state index is 12.2. The fraction of sp³-hybridized carbons (Fsp3) is 0. The lowest BCUT2D eigenvalue weighted by molar-refractivity contribution is -0.385. The highest BCUT2D eigenvalue weighted by molar-refractivity contribution is 6.13. The largest absolute Gasteiger partial charge is 0.478 e. The summed E-state index contributed by atoms with van der Waals surface area (Å²) in [6.07, 6.45) is 0. The van der Waals surface area contributed by atoms with Crippen molar-refractivity contribution in [2.45, 2.75) is 0 Å². The van der Waals surface area contributed by atoms with Crippen LogP contribution in [0.5, 0.6) is 0 Å². The van der Waals surface area contributed by atoms with Gasteiger partial charge in [0, 0.05) is 11.8 Å². The molecule has 7 nitrogen and oxygen atoms in total. The second kappa shape index (κ2) is 5.83. The third kappa shape index (κ3) is 3.03. The van der Waals surface area contributed by atoms with E-state index in [2.05, 4.69) is 5.32 Å². The number of nitrogens with zero attached hydrogens (tertiary/aromatic N) is 1. The molecular formula is C14H10N2O5. The summed E-state index contributed by atoms with van der Waals surface area (Å²) in [5.41, 5.74) is -1.03. The van der Waals surface area contributed by atoms with E-state index in [1.54, 1.807) is 30.3 Å². The zero-order valence-electron chi connectivity index (χ0n) is 10.6. The summed E-state index contributed by atoms with van der Waals surface area (Å²) in [7, 11) is 0. The van der Waals surface area contributed by atoms with E-state index in [4.69, 9.17) is 5.11 Å². The number of anilines is 1. The number of rotatable bonds is 4. The van der Waals surface area contributed by atoms with Crippen molar-refractivity contribution in [3.05, 3.63) is 69.8 Å². The summed E-state index contributed by atoms with van der Waals surface area (Å²) in [5.74, 6) is -2.25. The summed E-state index contributed by atoms with van der Waals surface area (Å²) in [4.78, 5) is 33.5. The van der Waals surface area contributed by atoms with Crippen LogP contribution in [0.15, 0.2) is 48.5 Å². The van der Waals surface area contributed by atoms with Gasteiger partial charge >= 0.3 is 5.97 Å². The van der Waals surface area contributed by atoms with Crippen molar-refractivity contribution in [1.29, 1.82) is 0 Å². The average molecular weight is 286 g/mol. The number of hydrogen-bond acceptors (Lipinski definition) is 4. The van der Waals surface area contributed by atoms with Gasteiger partial charge in [0.15, 0.2) is 0 Å². The molecule has 0 spiro atoms. The first-order chi connectivity index (χ1) is 10.0. The minimum absolute atomic E-state index is 0.414. The van der Waals surface area contributed by atoms with Gasteiger partial charge in [0.25, 0.3) is 11.6 Å². The first kappa shape index (κ1) is 14.2. The van der Waals surface area contributed by atoms with E-state index in [0.717, 1.165) is 12.1 Å². The van der Waals surface area contributed by atoms with Gasteiger partial charge in [-0.2, -0.15) is 0 Å². The number of hydrogen-bond donors (Lipinski definition) is 2. The van der Waals surface area contributed by atoms with Gasteiger partial charge in [-0.05, 0) is 18.2 Å². The predicted octanol–water partition coefficient (Wildman–Crippen LogP) is 2.55. The van der Waals surface area contributed by atoms with Gasteiger partial charge in [0.2, 0.25) is 0 Å². The number of nitro benzene ring substituents is 1. The molecule has 2 aromatic carbocycles. The molecule has 0 fully saturated rings. The molecule has 0 aliphatic carbocycles. The number of benzene rings is 2. The Balaban J connectivity index is 2.48. The Kier molecular flexibility index (Phi) is 3.94. The maximum Gasteiger partial charge on any atom is 0.336 e. The lowest BCUT2D eigenvalue weighted by atomic mass is 10.0. The number of aromatic carboxylic acids is 1. The average Bonchev–Trinajstić information content (AvgIpc) is 2.47. The Morgan fingerprint density at radius 3 is 2.29 bits per heavy atom. The Bertz CT molecular complexity index is 680. The second-order valence-corrected chi connectivity index (χ2v) is 4.08. The van der Waals surface area contributed by atoms with E-state index in [1.807, 2.05) is 0 Å². The molecule has 0 saturated carbocycles. The van der Waals surface area contributed by atoms with Crippen LogP contribution in [0.25, 0.3) is 0 Å². The van der Waals surface area contributed by atoms with Crippen LogP contribution in [0, 0.1) is 10.1 Å². The molecule has 0 atom stereocenters. The number of carbonyl (C=O) groups is 2. The Morgan fingerprint density at radius 1 is 1.05 bits per heavy atom. The van der Waals surface area contributed by atoms with E-state index in [9.17, 15) is 19.7 Å². The maximum absolute atomic E-state index is 12.2. The van der Waals surface area contributed by atoms with Crippen molar-refractivity contribution in [3.8, 4) is 0 Å². The number of carbonyl (C=O) groups excluding carboxylic acids is 1. The quantitative estimate of drug-likeness (QED) is 0.663. The highest BCUT2D eigenvalue weighted by atomic mass is 16.6. The molecule has 0 bridgehead atoms. The fourth-order valence-electron chi connectivity index (χ4n) is 1.82. The number of carboxylic acids is 1. The van der Waals surface area contributed by atoms with Crippen LogP contribution in [0.4, 0.5) is 11.4 Å². The van der Waals surface area contributed by atoms with Crippen molar-refractivity contribution < 1.29 is 19.6 Å². The molecule has 7 heteroatoms. The van der Waals surface area contributed by atoms with Crippen LogP contribution in [0.2, 0.25) is 0 Å². The second-order valence-electron chi connectivity index (χ2n) is 4.08. The van der Waals surface area contributed by atoms with Gasteiger partial charge in [0.05, 0.1) is 10.5 Å². The normalized spacial score (nSPS) is 9.90. The fourth-order valence-corrected chi connectivity index (χ4v) is 1.82. The van der Waals surface area contributed by atoms with E-state index in [1.165, 1.54) is 6.07 Å². The van der Waals surface area contributed by atoms with Gasteiger partial charge < -0.3 is 10.4 Å². The minimum Gasteiger partial charge on any atom is -0.478 e. The summed E-state index contributed by atoms with van der Waals surface area (Å²) < 4.78 is 0. The standard InChI is InChI=1S/C14H10N2O5/c17-13(15-9-5-2-1-3-6-9)12-10(14(18)19)7-4-8-11(12)16(20)21/h1-8H,(H,15,17)(H,18,19). The highest BCUT2D eigenvalue weighted by Gasteiger charge is 2.27. The molecule has 0 aromatic heterocycles. The molecule has 0 aliphatic heterocycles. The first-order valence-electron chi connectivity index (χ1n) is 5.88. The summed E-state index contributed by atoms with van der Waals surface area (Å²) >= 11 is 0. The lowest BCUT2D eigenvalue weighted by Crippen LogP contribution is -2.18. The van der Waals surface area contributed by atoms with Gasteiger partial charge in [-0.1, -0.05) is 24.3 Å². The van der Waals surface area contributed by atoms with Gasteiger partial charge in [-0.15, -0.1) is 0 Å². The first-order valence-corrected chi connectivity index (χ1v) is 5.88. The zero-order chi connectivity index (χ0) is 15.4. The molecule has 1 amide bonds. The highest BCUT2D eigenvalue weighted by Crippen LogP contribution is 2.23. The van der Waals surface area contributed by atoms with Crippen molar-refractivity contribution in [2.75, 3.05) is 5.32 Å². The number of nitro groups is 1.